The molecule has 0 amide bonds. The molecule has 4 heteroatoms. The number of nitrogens with two attached hydrogens (primary N) is 1. The standard InChI is InChI=1S/C12H19N3O/c1-16-9-8-15-7-5-10(13)12(15)11-4-2-3-6-14-11/h2-4,6,10,12H,5,7-9,13H2,1H3. The van der Waals surface area contributed by atoms with Crippen molar-refractivity contribution in [3.63, 3.8) is 0 Å². The van der Waals surface area contributed by atoms with Gasteiger partial charge in [-0.25, -0.2) is 0 Å². The Morgan fingerprint density at radius 3 is 3.12 bits per heavy atom. The summed E-state index contributed by atoms with van der Waals surface area (Å²) in [6.07, 6.45) is 2.86. The normalized spacial score (nSPS) is 26.1. The number of hydrogen-bond donors (Lipinski definition) is 1. The van der Waals surface area contributed by atoms with Gasteiger partial charge in [0.15, 0.2) is 0 Å². The summed E-state index contributed by atoms with van der Waals surface area (Å²) in [5.41, 5.74) is 7.22. The first-order valence-electron chi connectivity index (χ1n) is 5.72. The van der Waals surface area contributed by atoms with Gasteiger partial charge in [0, 0.05) is 32.4 Å². The van der Waals surface area contributed by atoms with E-state index in [9.17, 15) is 0 Å². The predicted molar refractivity (Wildman–Crippen MR) is 63.0 cm³/mol. The molecule has 16 heavy (non-hydrogen) atoms. The minimum Gasteiger partial charge on any atom is -0.383 e. The van der Waals surface area contributed by atoms with Crippen molar-refractivity contribution in [2.45, 2.75) is 18.5 Å². The summed E-state index contributed by atoms with van der Waals surface area (Å²) in [5, 5.41) is 0. The topological polar surface area (TPSA) is 51.4 Å². The summed E-state index contributed by atoms with van der Waals surface area (Å²) in [5.74, 6) is 0. The third-order valence-corrected chi connectivity index (χ3v) is 3.12. The quantitative estimate of drug-likeness (QED) is 0.817. The summed E-state index contributed by atoms with van der Waals surface area (Å²) in [6.45, 7) is 2.70. The SMILES string of the molecule is COCCN1CCC(N)C1c1ccccn1. The lowest BCUT2D eigenvalue weighted by Gasteiger charge is -2.25. The number of aromatic nitrogens is 1. The monoisotopic (exact) mass is 221 g/mol. The van der Waals surface area contributed by atoms with E-state index in [1.54, 1.807) is 7.11 Å². The van der Waals surface area contributed by atoms with Crippen LogP contribution in [0.1, 0.15) is 18.2 Å². The van der Waals surface area contributed by atoms with Crippen molar-refractivity contribution >= 4 is 0 Å². The van der Waals surface area contributed by atoms with Crippen molar-refractivity contribution in [2.75, 3.05) is 26.8 Å². The second-order valence-electron chi connectivity index (χ2n) is 4.18. The molecular formula is C12H19N3O. The van der Waals surface area contributed by atoms with Gasteiger partial charge in [0.1, 0.15) is 0 Å². The number of nitrogens with zero attached hydrogens (tertiary/aromatic N) is 2. The van der Waals surface area contributed by atoms with E-state index in [0.29, 0.717) is 0 Å². The minimum atomic E-state index is 0.187. The largest absolute Gasteiger partial charge is 0.383 e. The van der Waals surface area contributed by atoms with Crippen LogP contribution in [0.5, 0.6) is 0 Å². The van der Waals surface area contributed by atoms with Crippen LogP contribution >= 0.6 is 0 Å². The zero-order valence-corrected chi connectivity index (χ0v) is 9.67. The molecule has 0 aliphatic carbocycles. The van der Waals surface area contributed by atoms with E-state index in [4.69, 9.17) is 10.5 Å². The molecular weight excluding hydrogens is 202 g/mol. The average Bonchev–Trinajstić information content (AvgIpc) is 2.69. The van der Waals surface area contributed by atoms with E-state index >= 15 is 0 Å². The van der Waals surface area contributed by atoms with Gasteiger partial charge in [-0.15, -0.1) is 0 Å². The fourth-order valence-electron chi connectivity index (χ4n) is 2.30. The number of hydrogen-bond acceptors (Lipinski definition) is 4. The van der Waals surface area contributed by atoms with Crippen LogP contribution in [0.3, 0.4) is 0 Å². The molecule has 4 nitrogen and oxygen atoms in total. The van der Waals surface area contributed by atoms with Gasteiger partial charge in [-0.2, -0.15) is 0 Å². The van der Waals surface area contributed by atoms with E-state index in [2.05, 4.69) is 16.0 Å². The number of ether oxygens (including phenoxy) is 1. The summed E-state index contributed by atoms with van der Waals surface area (Å²) < 4.78 is 5.12. The van der Waals surface area contributed by atoms with E-state index in [-0.39, 0.29) is 12.1 Å². The molecule has 2 N–H and O–H groups in total. The Hall–Kier alpha value is -0.970. The number of likely N-dealkylation sites (tertiary alicyclic amines) is 1. The maximum Gasteiger partial charge on any atom is 0.0674 e. The Morgan fingerprint density at radius 2 is 2.44 bits per heavy atom. The van der Waals surface area contributed by atoms with E-state index < -0.39 is 0 Å². The second-order valence-corrected chi connectivity index (χ2v) is 4.18. The van der Waals surface area contributed by atoms with Crippen LogP contribution in [0.25, 0.3) is 0 Å². The Balaban J connectivity index is 2.10. The highest BCUT2D eigenvalue weighted by atomic mass is 16.5. The summed E-state index contributed by atoms with van der Waals surface area (Å²) >= 11 is 0. The lowest BCUT2D eigenvalue weighted by atomic mass is 10.1. The maximum absolute atomic E-state index is 6.15. The average molecular weight is 221 g/mol. The molecule has 1 fully saturated rings. The van der Waals surface area contributed by atoms with Gasteiger partial charge in [0.25, 0.3) is 0 Å². The molecule has 0 radical (unpaired) electrons. The Morgan fingerprint density at radius 1 is 1.56 bits per heavy atom. The van der Waals surface area contributed by atoms with Gasteiger partial charge in [0.2, 0.25) is 0 Å². The predicted octanol–water partition coefficient (Wildman–Crippen LogP) is 0.802. The highest BCUT2D eigenvalue weighted by Gasteiger charge is 2.33. The van der Waals surface area contributed by atoms with Crippen LogP contribution in [0, 0.1) is 0 Å². The smallest absolute Gasteiger partial charge is 0.0674 e. The minimum absolute atomic E-state index is 0.187. The third kappa shape index (κ3) is 2.40. The number of methoxy groups -OCH3 is 1. The Labute approximate surface area is 96.4 Å². The molecule has 2 unspecified atom stereocenters. The molecule has 0 bridgehead atoms. The van der Waals surface area contributed by atoms with Crippen LogP contribution in [-0.4, -0.2) is 42.7 Å². The van der Waals surface area contributed by atoms with E-state index in [1.165, 1.54) is 0 Å². The zero-order chi connectivity index (χ0) is 11.4. The van der Waals surface area contributed by atoms with Gasteiger partial charge in [-0.05, 0) is 18.6 Å². The van der Waals surface area contributed by atoms with Crippen LogP contribution in [0.2, 0.25) is 0 Å². The lowest BCUT2D eigenvalue weighted by Crippen LogP contribution is -2.34. The van der Waals surface area contributed by atoms with Crippen molar-refractivity contribution in [1.29, 1.82) is 0 Å². The summed E-state index contributed by atoms with van der Waals surface area (Å²) in [6, 6.07) is 6.43. The Kier molecular flexibility index (Phi) is 3.88. The van der Waals surface area contributed by atoms with E-state index in [0.717, 1.165) is 31.8 Å². The highest BCUT2D eigenvalue weighted by Crippen LogP contribution is 2.29. The van der Waals surface area contributed by atoms with Crippen molar-refractivity contribution in [3.8, 4) is 0 Å². The maximum atomic E-state index is 6.15. The molecule has 1 aliphatic heterocycles. The zero-order valence-electron chi connectivity index (χ0n) is 9.67. The number of rotatable bonds is 4. The fourth-order valence-corrected chi connectivity index (χ4v) is 2.30. The molecule has 2 rings (SSSR count). The first kappa shape index (κ1) is 11.5. The van der Waals surface area contributed by atoms with Crippen molar-refractivity contribution in [1.82, 2.24) is 9.88 Å². The van der Waals surface area contributed by atoms with Crippen LogP contribution < -0.4 is 5.73 Å². The highest BCUT2D eigenvalue weighted by molar-refractivity contribution is 5.13. The molecule has 1 aromatic rings. The first-order chi connectivity index (χ1) is 7.83. The Bertz CT molecular complexity index is 317. The van der Waals surface area contributed by atoms with Gasteiger partial charge in [-0.3, -0.25) is 9.88 Å². The molecule has 88 valence electrons. The van der Waals surface area contributed by atoms with Gasteiger partial charge < -0.3 is 10.5 Å². The molecule has 0 spiro atoms. The van der Waals surface area contributed by atoms with Crippen LogP contribution in [0.15, 0.2) is 24.4 Å². The molecule has 1 aromatic heterocycles. The van der Waals surface area contributed by atoms with Crippen LogP contribution in [0.4, 0.5) is 0 Å². The molecule has 2 heterocycles. The fraction of sp³-hybridized carbons (Fsp3) is 0.583. The molecule has 1 saturated heterocycles. The molecule has 0 saturated carbocycles. The summed E-state index contributed by atoms with van der Waals surface area (Å²) in [4.78, 5) is 6.76. The van der Waals surface area contributed by atoms with Crippen molar-refractivity contribution in [2.24, 2.45) is 5.73 Å². The van der Waals surface area contributed by atoms with Crippen molar-refractivity contribution in [3.05, 3.63) is 30.1 Å². The first-order valence-corrected chi connectivity index (χ1v) is 5.72. The summed E-state index contributed by atoms with van der Waals surface area (Å²) in [7, 11) is 1.73. The van der Waals surface area contributed by atoms with Crippen LogP contribution in [-0.2, 0) is 4.74 Å². The van der Waals surface area contributed by atoms with Crippen molar-refractivity contribution < 1.29 is 4.74 Å². The van der Waals surface area contributed by atoms with Gasteiger partial charge >= 0.3 is 0 Å². The molecule has 2 atom stereocenters. The lowest BCUT2D eigenvalue weighted by molar-refractivity contribution is 0.138. The van der Waals surface area contributed by atoms with Gasteiger partial charge in [-0.1, -0.05) is 6.07 Å². The third-order valence-electron chi connectivity index (χ3n) is 3.12. The molecule has 0 aromatic carbocycles. The van der Waals surface area contributed by atoms with E-state index in [1.807, 2.05) is 18.3 Å². The molecule has 1 aliphatic rings. The second kappa shape index (κ2) is 5.39. The number of pyridine rings is 1. The van der Waals surface area contributed by atoms with Gasteiger partial charge in [0.05, 0.1) is 18.3 Å².